The molecule has 0 radical (unpaired) electrons. The molecule has 1 amide bonds. The van der Waals surface area contributed by atoms with E-state index in [9.17, 15) is 19.4 Å². The minimum absolute atomic E-state index is 0.0561. The number of quaternary nitrogens is 1. The fourth-order valence-electron chi connectivity index (χ4n) is 4.74. The number of allylic oxidation sites excluding steroid dienone is 9. The summed E-state index contributed by atoms with van der Waals surface area (Å²) in [7, 11) is 1.55. The molecule has 0 heterocycles. The van der Waals surface area contributed by atoms with Gasteiger partial charge in [0.25, 0.3) is 0 Å². The number of aliphatic hydroxyl groups excluding tert-OH is 1. The maximum atomic E-state index is 12.6. The molecule has 0 aromatic carbocycles. The Bertz CT molecular complexity index is 970. The largest absolute Gasteiger partial charge is 0.472 e. The van der Waals surface area contributed by atoms with Gasteiger partial charge in [-0.15, -0.1) is 0 Å². The van der Waals surface area contributed by atoms with E-state index in [0.29, 0.717) is 17.4 Å². The summed E-state index contributed by atoms with van der Waals surface area (Å²) in [5.41, 5.74) is 0. The number of amides is 1. The molecule has 0 spiro atoms. The zero-order valence-electron chi connectivity index (χ0n) is 31.2. The van der Waals surface area contributed by atoms with Gasteiger partial charge in [-0.2, -0.15) is 0 Å². The van der Waals surface area contributed by atoms with E-state index in [1.807, 2.05) is 34.1 Å². The van der Waals surface area contributed by atoms with Crippen molar-refractivity contribution < 1.29 is 32.9 Å². The van der Waals surface area contributed by atoms with Gasteiger partial charge in [0.1, 0.15) is 13.2 Å². The van der Waals surface area contributed by atoms with Crippen molar-refractivity contribution >= 4 is 13.7 Å². The minimum Gasteiger partial charge on any atom is -0.387 e. The van der Waals surface area contributed by atoms with Crippen molar-refractivity contribution in [1.82, 2.24) is 5.32 Å². The van der Waals surface area contributed by atoms with Gasteiger partial charge in [0.15, 0.2) is 0 Å². The van der Waals surface area contributed by atoms with Crippen LogP contribution in [0.3, 0.4) is 0 Å². The molecular formula is C39H72N2O6P+. The van der Waals surface area contributed by atoms with E-state index in [0.717, 1.165) is 57.8 Å². The van der Waals surface area contributed by atoms with Gasteiger partial charge in [-0.25, -0.2) is 4.57 Å². The van der Waals surface area contributed by atoms with Crippen molar-refractivity contribution in [1.29, 1.82) is 0 Å². The molecule has 3 N–H and O–H groups in total. The lowest BCUT2D eigenvalue weighted by atomic mass is 10.0. The average molecular weight is 696 g/mol. The van der Waals surface area contributed by atoms with Crippen LogP contribution in [0.1, 0.15) is 129 Å². The summed E-state index contributed by atoms with van der Waals surface area (Å²) in [6.45, 7) is 4.45. The molecule has 0 saturated heterocycles. The molecule has 0 bridgehead atoms. The highest BCUT2D eigenvalue weighted by atomic mass is 31.2. The van der Waals surface area contributed by atoms with Gasteiger partial charge in [-0.3, -0.25) is 13.8 Å². The van der Waals surface area contributed by atoms with Gasteiger partial charge in [-0.1, -0.05) is 132 Å². The smallest absolute Gasteiger partial charge is 0.387 e. The molecule has 3 atom stereocenters. The summed E-state index contributed by atoms with van der Waals surface area (Å²) in [5, 5.41) is 13.4. The van der Waals surface area contributed by atoms with Crippen LogP contribution in [0.5, 0.6) is 0 Å². The Morgan fingerprint density at radius 3 is 1.79 bits per heavy atom. The van der Waals surface area contributed by atoms with Crippen LogP contribution in [-0.2, 0) is 18.4 Å². The minimum atomic E-state index is -4.31. The lowest BCUT2D eigenvalue weighted by Gasteiger charge is -2.25. The summed E-state index contributed by atoms with van der Waals surface area (Å²) in [6, 6.07) is -0.845. The van der Waals surface area contributed by atoms with Gasteiger partial charge in [0, 0.05) is 6.42 Å². The van der Waals surface area contributed by atoms with E-state index in [1.54, 1.807) is 6.08 Å². The van der Waals surface area contributed by atoms with Crippen LogP contribution >= 0.6 is 7.82 Å². The van der Waals surface area contributed by atoms with Crippen molar-refractivity contribution in [2.45, 2.75) is 142 Å². The number of hydrogen-bond donors (Lipinski definition) is 3. The first-order chi connectivity index (χ1) is 23.0. The maximum Gasteiger partial charge on any atom is 0.472 e. The lowest BCUT2D eigenvalue weighted by molar-refractivity contribution is -0.870. The Hall–Kier alpha value is -1.80. The topological polar surface area (TPSA) is 105 Å². The zero-order chi connectivity index (χ0) is 35.8. The Morgan fingerprint density at radius 2 is 1.25 bits per heavy atom. The molecule has 0 aliphatic carbocycles. The second kappa shape index (κ2) is 31.2. The summed E-state index contributed by atoms with van der Waals surface area (Å²) < 4.78 is 23.1. The van der Waals surface area contributed by atoms with E-state index in [1.165, 1.54) is 51.4 Å². The summed E-state index contributed by atoms with van der Waals surface area (Å²) in [6.07, 6.45) is 39.4. The van der Waals surface area contributed by atoms with Crippen molar-refractivity contribution in [3.05, 3.63) is 60.8 Å². The quantitative estimate of drug-likeness (QED) is 0.0280. The Labute approximate surface area is 294 Å². The highest BCUT2D eigenvalue weighted by Crippen LogP contribution is 2.43. The maximum absolute atomic E-state index is 12.6. The molecule has 278 valence electrons. The van der Waals surface area contributed by atoms with E-state index in [4.69, 9.17) is 9.05 Å². The van der Waals surface area contributed by atoms with Crippen molar-refractivity contribution in [2.75, 3.05) is 40.9 Å². The molecule has 0 aliphatic heterocycles. The molecule has 0 aromatic rings. The van der Waals surface area contributed by atoms with Crippen LogP contribution in [0, 0.1) is 0 Å². The fourth-order valence-corrected chi connectivity index (χ4v) is 5.48. The summed E-state index contributed by atoms with van der Waals surface area (Å²) >= 11 is 0. The number of nitrogens with one attached hydrogen (secondary N) is 1. The van der Waals surface area contributed by atoms with Crippen LogP contribution in [0.25, 0.3) is 0 Å². The first-order valence-electron chi connectivity index (χ1n) is 18.7. The van der Waals surface area contributed by atoms with Gasteiger partial charge in [0.05, 0.1) is 39.9 Å². The number of hydrogen-bond acceptors (Lipinski definition) is 5. The molecule has 48 heavy (non-hydrogen) atoms. The van der Waals surface area contributed by atoms with Gasteiger partial charge >= 0.3 is 7.82 Å². The number of carbonyl (C=O) groups is 1. The van der Waals surface area contributed by atoms with E-state index < -0.39 is 20.0 Å². The third-order valence-corrected chi connectivity index (χ3v) is 8.71. The van der Waals surface area contributed by atoms with Gasteiger partial charge in [-0.05, 0) is 51.4 Å². The van der Waals surface area contributed by atoms with Crippen LogP contribution in [0.4, 0.5) is 0 Å². The highest BCUT2D eigenvalue weighted by Gasteiger charge is 2.27. The second-order valence-corrected chi connectivity index (χ2v) is 15.0. The van der Waals surface area contributed by atoms with Crippen LogP contribution in [0.15, 0.2) is 60.8 Å². The fraction of sp³-hybridized carbons (Fsp3) is 0.718. The normalized spacial score (nSPS) is 15.4. The highest BCUT2D eigenvalue weighted by molar-refractivity contribution is 7.47. The molecule has 3 unspecified atom stereocenters. The zero-order valence-corrected chi connectivity index (χ0v) is 32.1. The Kier molecular flexibility index (Phi) is 30.0. The third-order valence-electron chi connectivity index (χ3n) is 7.72. The molecule has 9 heteroatoms. The Balaban J connectivity index is 4.04. The number of carbonyl (C=O) groups excluding carboxylic acids is 1. The van der Waals surface area contributed by atoms with Gasteiger partial charge < -0.3 is 19.8 Å². The summed E-state index contributed by atoms with van der Waals surface area (Å²) in [4.78, 5) is 22.7. The number of nitrogens with zero attached hydrogens (tertiary/aromatic N) is 1. The SMILES string of the molecule is CC/C=C\C/C=C\C/C=C\C/C=C\CCCCCCCCCCCCC(=O)NC(COP(=O)(O)OCC[N+](C)(C)C)C(O)/C=C/CCC. The average Bonchev–Trinajstić information content (AvgIpc) is 3.02. The predicted octanol–water partition coefficient (Wildman–Crippen LogP) is 9.51. The number of likely N-dealkylation sites (N-methyl/N-ethyl adjacent to an activating group) is 1. The molecule has 0 aliphatic rings. The van der Waals surface area contributed by atoms with Crippen molar-refractivity contribution in [3.8, 4) is 0 Å². The van der Waals surface area contributed by atoms with Crippen LogP contribution < -0.4 is 5.32 Å². The molecule has 8 nitrogen and oxygen atoms in total. The molecule has 0 aromatic heterocycles. The molecular weight excluding hydrogens is 623 g/mol. The van der Waals surface area contributed by atoms with Crippen LogP contribution in [0.2, 0.25) is 0 Å². The summed E-state index contributed by atoms with van der Waals surface area (Å²) in [5.74, 6) is -0.199. The third kappa shape index (κ3) is 32.7. The van der Waals surface area contributed by atoms with Gasteiger partial charge in [0.2, 0.25) is 5.91 Å². The van der Waals surface area contributed by atoms with Crippen molar-refractivity contribution in [2.24, 2.45) is 0 Å². The van der Waals surface area contributed by atoms with Crippen molar-refractivity contribution in [3.63, 3.8) is 0 Å². The lowest BCUT2D eigenvalue weighted by Crippen LogP contribution is -2.45. The van der Waals surface area contributed by atoms with Crippen LogP contribution in [-0.4, -0.2) is 73.4 Å². The molecule has 0 fully saturated rings. The molecule has 0 saturated carbocycles. The first-order valence-corrected chi connectivity index (χ1v) is 20.2. The monoisotopic (exact) mass is 696 g/mol. The predicted molar refractivity (Wildman–Crippen MR) is 203 cm³/mol. The number of rotatable bonds is 32. The number of phosphoric acid groups is 1. The standard InChI is InChI=1S/C39H71N2O6P/c1-6-8-10-11-12-13-14-15-16-17-18-19-20-21-22-23-24-25-26-27-28-29-31-33-39(43)40-37(38(42)32-30-9-7-2)36-47-48(44,45)46-35-34-41(3,4)5/h8,10,12-13,15-16,18-19,30,32,37-38,42H,6-7,9,11,14,17,20-29,31,33-36H2,1-5H3,(H-,40,43,44,45)/p+1/b10-8-,13-12-,16-15-,19-18-,32-30+. The molecule has 0 rings (SSSR count). The first kappa shape index (κ1) is 46.2. The number of unbranched alkanes of at least 4 members (excludes halogenated alkanes) is 11. The van der Waals surface area contributed by atoms with E-state index in [2.05, 4.69) is 60.8 Å². The number of aliphatic hydroxyl groups is 1. The van der Waals surface area contributed by atoms with E-state index >= 15 is 0 Å². The second-order valence-electron chi connectivity index (χ2n) is 13.6. The van der Waals surface area contributed by atoms with E-state index in [-0.39, 0.29) is 19.1 Å². The Morgan fingerprint density at radius 1 is 0.729 bits per heavy atom. The number of phosphoric ester groups is 1.